The van der Waals surface area contributed by atoms with Gasteiger partial charge in [-0.3, -0.25) is 9.36 Å². The summed E-state index contributed by atoms with van der Waals surface area (Å²) in [5.74, 6) is -0.126. The molecule has 26 heavy (non-hydrogen) atoms. The average molecular weight is 342 g/mol. The number of nitrogens with one attached hydrogen (secondary N) is 1. The minimum absolute atomic E-state index is 0.126. The third-order valence-corrected chi connectivity index (χ3v) is 4.57. The molecule has 2 aromatic carbocycles. The molecule has 2 aromatic heterocycles. The molecular weight excluding hydrogens is 324 g/mol. The summed E-state index contributed by atoms with van der Waals surface area (Å²) in [6, 6.07) is 17.1. The van der Waals surface area contributed by atoms with E-state index in [4.69, 9.17) is 0 Å². The maximum Gasteiger partial charge on any atom is 0.255 e. The Morgan fingerprint density at radius 1 is 0.962 bits per heavy atom. The van der Waals surface area contributed by atoms with Gasteiger partial charge in [0.2, 0.25) is 0 Å². The standard InChI is InChI=1S/C21H18N4O/c1-14-5-3-6-18(15(14)2)24-21(26)16-8-10-17(11-9-16)25-13-23-19-7-4-12-22-20(19)25/h3-13H,1-2H3,(H,24,26). The van der Waals surface area contributed by atoms with Gasteiger partial charge in [-0.1, -0.05) is 12.1 Å². The number of hydrogen-bond donors (Lipinski definition) is 1. The molecule has 1 amide bonds. The summed E-state index contributed by atoms with van der Waals surface area (Å²) in [6.45, 7) is 4.04. The summed E-state index contributed by atoms with van der Waals surface area (Å²) in [5, 5.41) is 2.98. The zero-order valence-electron chi connectivity index (χ0n) is 14.6. The van der Waals surface area contributed by atoms with Crippen molar-refractivity contribution >= 4 is 22.8 Å². The number of amides is 1. The van der Waals surface area contributed by atoms with Crippen molar-refractivity contribution in [2.24, 2.45) is 0 Å². The number of carbonyl (C=O) groups excluding carboxylic acids is 1. The van der Waals surface area contributed by atoms with E-state index in [2.05, 4.69) is 15.3 Å². The number of imidazole rings is 1. The van der Waals surface area contributed by atoms with Crippen LogP contribution in [0.15, 0.2) is 67.1 Å². The molecule has 0 radical (unpaired) electrons. The van der Waals surface area contributed by atoms with Gasteiger partial charge >= 0.3 is 0 Å². The van der Waals surface area contributed by atoms with Crippen LogP contribution < -0.4 is 5.32 Å². The Hall–Kier alpha value is -3.47. The summed E-state index contributed by atoms with van der Waals surface area (Å²) in [7, 11) is 0. The van der Waals surface area contributed by atoms with E-state index in [1.165, 1.54) is 0 Å². The first-order chi connectivity index (χ1) is 12.6. The number of nitrogens with zero attached hydrogens (tertiary/aromatic N) is 3. The van der Waals surface area contributed by atoms with Crippen LogP contribution in [0.4, 0.5) is 5.69 Å². The predicted octanol–water partition coefficient (Wildman–Crippen LogP) is 4.29. The highest BCUT2D eigenvalue weighted by atomic mass is 16.1. The molecule has 4 aromatic rings. The number of pyridine rings is 1. The molecule has 2 heterocycles. The van der Waals surface area contributed by atoms with Crippen LogP contribution in [0.1, 0.15) is 21.5 Å². The third kappa shape index (κ3) is 2.84. The van der Waals surface area contributed by atoms with Crippen LogP contribution >= 0.6 is 0 Å². The van der Waals surface area contributed by atoms with Crippen molar-refractivity contribution in [3.05, 3.63) is 83.8 Å². The molecule has 0 saturated heterocycles. The Morgan fingerprint density at radius 3 is 2.58 bits per heavy atom. The van der Waals surface area contributed by atoms with Crippen LogP contribution in [0.2, 0.25) is 0 Å². The second-order valence-electron chi connectivity index (χ2n) is 6.21. The minimum atomic E-state index is -0.126. The van der Waals surface area contributed by atoms with Crippen molar-refractivity contribution in [3.63, 3.8) is 0 Å². The lowest BCUT2D eigenvalue weighted by atomic mass is 10.1. The molecule has 128 valence electrons. The first-order valence-corrected chi connectivity index (χ1v) is 8.39. The Kier molecular flexibility index (Phi) is 3.97. The highest BCUT2D eigenvalue weighted by Crippen LogP contribution is 2.20. The molecule has 5 heteroatoms. The summed E-state index contributed by atoms with van der Waals surface area (Å²) in [6.07, 6.45) is 3.48. The Bertz CT molecular complexity index is 1100. The smallest absolute Gasteiger partial charge is 0.255 e. The van der Waals surface area contributed by atoms with Gasteiger partial charge in [0.05, 0.1) is 0 Å². The van der Waals surface area contributed by atoms with Crippen molar-refractivity contribution in [2.45, 2.75) is 13.8 Å². The fourth-order valence-electron chi connectivity index (χ4n) is 2.89. The molecule has 0 atom stereocenters. The van der Waals surface area contributed by atoms with Crippen LogP contribution in [-0.2, 0) is 0 Å². The first-order valence-electron chi connectivity index (χ1n) is 8.39. The zero-order valence-corrected chi connectivity index (χ0v) is 14.6. The molecule has 0 fully saturated rings. The van der Waals surface area contributed by atoms with Gasteiger partial charge < -0.3 is 5.32 Å². The van der Waals surface area contributed by atoms with Gasteiger partial charge in [0.25, 0.3) is 5.91 Å². The Labute approximate surface area is 151 Å². The third-order valence-electron chi connectivity index (χ3n) is 4.57. The number of aromatic nitrogens is 3. The van der Waals surface area contributed by atoms with E-state index in [0.29, 0.717) is 5.56 Å². The van der Waals surface area contributed by atoms with Gasteiger partial charge in [0.15, 0.2) is 5.65 Å². The predicted molar refractivity (Wildman–Crippen MR) is 103 cm³/mol. The molecule has 0 bridgehead atoms. The van der Waals surface area contributed by atoms with E-state index < -0.39 is 0 Å². The van der Waals surface area contributed by atoms with Crippen molar-refractivity contribution in [1.29, 1.82) is 0 Å². The number of anilines is 1. The minimum Gasteiger partial charge on any atom is -0.322 e. The van der Waals surface area contributed by atoms with Gasteiger partial charge in [-0.2, -0.15) is 0 Å². The van der Waals surface area contributed by atoms with E-state index in [9.17, 15) is 4.79 Å². The number of rotatable bonds is 3. The van der Waals surface area contributed by atoms with Crippen LogP contribution in [0.5, 0.6) is 0 Å². The van der Waals surface area contributed by atoms with Crippen molar-refractivity contribution in [2.75, 3.05) is 5.32 Å². The molecule has 0 saturated carbocycles. The van der Waals surface area contributed by atoms with Gasteiger partial charge in [-0.05, 0) is 67.4 Å². The Balaban J connectivity index is 1.59. The van der Waals surface area contributed by atoms with Crippen LogP contribution in [-0.4, -0.2) is 20.4 Å². The van der Waals surface area contributed by atoms with Gasteiger partial charge in [0, 0.05) is 23.1 Å². The van der Waals surface area contributed by atoms with Gasteiger partial charge in [0.1, 0.15) is 11.8 Å². The van der Waals surface area contributed by atoms with E-state index in [1.807, 2.05) is 73.0 Å². The van der Waals surface area contributed by atoms with E-state index >= 15 is 0 Å². The van der Waals surface area contributed by atoms with Crippen molar-refractivity contribution in [3.8, 4) is 5.69 Å². The average Bonchev–Trinajstić information content (AvgIpc) is 3.10. The number of aryl methyl sites for hydroxylation is 1. The largest absolute Gasteiger partial charge is 0.322 e. The lowest BCUT2D eigenvalue weighted by Crippen LogP contribution is -2.13. The van der Waals surface area contributed by atoms with E-state index in [1.54, 1.807) is 12.5 Å². The topological polar surface area (TPSA) is 59.8 Å². The van der Waals surface area contributed by atoms with Gasteiger partial charge in [-0.15, -0.1) is 0 Å². The van der Waals surface area contributed by atoms with Gasteiger partial charge in [-0.25, -0.2) is 9.97 Å². The number of fused-ring (bicyclic) bond motifs is 1. The molecule has 0 unspecified atom stereocenters. The molecule has 0 aliphatic heterocycles. The molecule has 0 aliphatic rings. The Morgan fingerprint density at radius 2 is 1.77 bits per heavy atom. The second kappa shape index (κ2) is 6.44. The van der Waals surface area contributed by atoms with Crippen molar-refractivity contribution < 1.29 is 4.79 Å². The van der Waals surface area contributed by atoms with E-state index in [0.717, 1.165) is 33.7 Å². The summed E-state index contributed by atoms with van der Waals surface area (Å²) in [4.78, 5) is 21.3. The number of benzene rings is 2. The lowest BCUT2D eigenvalue weighted by molar-refractivity contribution is 0.102. The summed E-state index contributed by atoms with van der Waals surface area (Å²) < 4.78 is 1.90. The molecule has 0 aliphatic carbocycles. The molecule has 5 nitrogen and oxygen atoms in total. The molecule has 4 rings (SSSR count). The maximum absolute atomic E-state index is 12.5. The summed E-state index contributed by atoms with van der Waals surface area (Å²) in [5.41, 5.74) is 6.21. The monoisotopic (exact) mass is 342 g/mol. The first kappa shape index (κ1) is 16.0. The molecular formula is C21H18N4O. The fourth-order valence-corrected chi connectivity index (χ4v) is 2.89. The van der Waals surface area contributed by atoms with E-state index in [-0.39, 0.29) is 5.91 Å². The second-order valence-corrected chi connectivity index (χ2v) is 6.21. The van der Waals surface area contributed by atoms with Crippen LogP contribution in [0, 0.1) is 13.8 Å². The maximum atomic E-state index is 12.5. The van der Waals surface area contributed by atoms with Crippen LogP contribution in [0.3, 0.4) is 0 Å². The van der Waals surface area contributed by atoms with Crippen LogP contribution in [0.25, 0.3) is 16.9 Å². The fraction of sp³-hybridized carbons (Fsp3) is 0.0952. The van der Waals surface area contributed by atoms with Crippen molar-refractivity contribution in [1.82, 2.24) is 14.5 Å². The zero-order chi connectivity index (χ0) is 18.1. The number of carbonyl (C=O) groups is 1. The lowest BCUT2D eigenvalue weighted by Gasteiger charge is -2.11. The highest BCUT2D eigenvalue weighted by molar-refractivity contribution is 6.04. The SMILES string of the molecule is Cc1cccc(NC(=O)c2ccc(-n3cnc4cccnc43)cc2)c1C. The molecule has 1 N–H and O–H groups in total. The highest BCUT2D eigenvalue weighted by Gasteiger charge is 2.10. The molecule has 0 spiro atoms. The quantitative estimate of drug-likeness (QED) is 0.604. The number of hydrogen-bond acceptors (Lipinski definition) is 3. The summed E-state index contributed by atoms with van der Waals surface area (Å²) >= 11 is 0. The normalized spacial score (nSPS) is 10.8.